The molecular weight excluding hydrogens is 382 g/mol. The predicted octanol–water partition coefficient (Wildman–Crippen LogP) is 3.49. The molecule has 0 atom stereocenters. The Bertz CT molecular complexity index is 995. The Balaban J connectivity index is 1.97. The maximum atomic E-state index is 13.5. The third-order valence-electron chi connectivity index (χ3n) is 5.50. The fraction of sp³-hybridized carbons (Fsp3) is 0.391. The summed E-state index contributed by atoms with van der Waals surface area (Å²) in [6, 6.07) is 11.8. The first kappa shape index (κ1) is 21.3. The van der Waals surface area contributed by atoms with Gasteiger partial charge in [-0.05, 0) is 63.1 Å². The number of methoxy groups -OCH3 is 1. The largest absolute Gasteiger partial charge is 0.497 e. The van der Waals surface area contributed by atoms with E-state index in [2.05, 4.69) is 20.8 Å². The van der Waals surface area contributed by atoms with E-state index < -0.39 is 0 Å². The quantitative estimate of drug-likeness (QED) is 0.616. The molecule has 0 aliphatic carbocycles. The van der Waals surface area contributed by atoms with Crippen LogP contribution in [0.1, 0.15) is 35.3 Å². The van der Waals surface area contributed by atoms with Crippen LogP contribution in [-0.4, -0.2) is 44.2 Å². The molecule has 2 aromatic carbocycles. The predicted molar refractivity (Wildman–Crippen MR) is 121 cm³/mol. The number of thiazole rings is 1. The fourth-order valence-corrected chi connectivity index (χ4v) is 4.30. The topological polar surface area (TPSA) is 46.9 Å². The lowest BCUT2D eigenvalue weighted by molar-refractivity contribution is -0.894. The number of aryl methyl sites for hydroxylation is 2. The number of benzene rings is 2. The van der Waals surface area contributed by atoms with Crippen LogP contribution in [0.2, 0.25) is 0 Å². The van der Waals surface area contributed by atoms with Crippen molar-refractivity contribution < 1.29 is 14.4 Å². The first-order valence-electron chi connectivity index (χ1n) is 10.1. The maximum Gasteiger partial charge on any atom is 0.260 e. The van der Waals surface area contributed by atoms with Crippen molar-refractivity contribution in [2.24, 2.45) is 0 Å². The van der Waals surface area contributed by atoms with E-state index in [4.69, 9.17) is 9.72 Å². The number of nitrogens with one attached hydrogen (secondary N) is 1. The van der Waals surface area contributed by atoms with E-state index in [-0.39, 0.29) is 5.91 Å². The molecule has 0 fully saturated rings. The Hall–Kier alpha value is -2.44. The van der Waals surface area contributed by atoms with Crippen LogP contribution in [0.25, 0.3) is 10.2 Å². The standard InChI is InChI=1S/C23H29N3O2S/c1-6-25(7-2)12-13-26(22(27)18-9-8-16(3)17(4)14-18)23-24-20-15-19(28-5)10-11-21(20)29-23/h8-11,14-15H,6-7,12-13H2,1-5H3/p+1. The van der Waals surface area contributed by atoms with Crippen molar-refractivity contribution in [3.05, 3.63) is 53.1 Å². The van der Waals surface area contributed by atoms with Gasteiger partial charge in [0.15, 0.2) is 5.13 Å². The number of amides is 1. The van der Waals surface area contributed by atoms with Gasteiger partial charge in [-0.1, -0.05) is 17.4 Å². The van der Waals surface area contributed by atoms with Gasteiger partial charge in [0.05, 0.1) is 43.5 Å². The van der Waals surface area contributed by atoms with E-state index in [9.17, 15) is 4.79 Å². The van der Waals surface area contributed by atoms with Gasteiger partial charge in [-0.25, -0.2) is 4.98 Å². The molecule has 1 aromatic heterocycles. The van der Waals surface area contributed by atoms with Crippen LogP contribution in [0, 0.1) is 13.8 Å². The summed E-state index contributed by atoms with van der Waals surface area (Å²) >= 11 is 1.55. The molecule has 5 nitrogen and oxygen atoms in total. The zero-order chi connectivity index (χ0) is 21.0. The lowest BCUT2D eigenvalue weighted by Gasteiger charge is -2.23. The molecule has 0 saturated carbocycles. The van der Waals surface area contributed by atoms with Crippen molar-refractivity contribution in [1.82, 2.24) is 4.98 Å². The summed E-state index contributed by atoms with van der Waals surface area (Å²) in [5.74, 6) is 0.777. The molecule has 3 aromatic rings. The van der Waals surface area contributed by atoms with Crippen LogP contribution in [0.15, 0.2) is 36.4 Å². The minimum absolute atomic E-state index is 0.00526. The lowest BCUT2D eigenvalue weighted by Crippen LogP contribution is -3.12. The average Bonchev–Trinajstić information content (AvgIpc) is 3.15. The summed E-state index contributed by atoms with van der Waals surface area (Å²) in [4.78, 5) is 21.5. The van der Waals surface area contributed by atoms with Crippen LogP contribution in [0.5, 0.6) is 5.75 Å². The molecule has 1 N–H and O–H groups in total. The van der Waals surface area contributed by atoms with Crippen LogP contribution in [0.3, 0.4) is 0 Å². The number of nitrogens with zero attached hydrogens (tertiary/aromatic N) is 2. The van der Waals surface area contributed by atoms with Gasteiger partial charge < -0.3 is 9.64 Å². The summed E-state index contributed by atoms with van der Waals surface area (Å²) in [6.45, 7) is 12.1. The molecule has 0 aliphatic heterocycles. The van der Waals surface area contributed by atoms with Gasteiger partial charge in [0.2, 0.25) is 0 Å². The van der Waals surface area contributed by atoms with Gasteiger partial charge in [0.25, 0.3) is 5.91 Å². The third kappa shape index (κ3) is 4.77. The van der Waals surface area contributed by atoms with Crippen LogP contribution < -0.4 is 14.5 Å². The summed E-state index contributed by atoms with van der Waals surface area (Å²) < 4.78 is 6.37. The highest BCUT2D eigenvalue weighted by molar-refractivity contribution is 7.22. The average molecular weight is 413 g/mol. The molecular formula is C23H30N3O2S+. The van der Waals surface area contributed by atoms with E-state index in [0.717, 1.165) is 46.3 Å². The van der Waals surface area contributed by atoms with E-state index in [1.54, 1.807) is 18.4 Å². The number of rotatable bonds is 8. The lowest BCUT2D eigenvalue weighted by atomic mass is 10.1. The Morgan fingerprint density at radius 3 is 2.52 bits per heavy atom. The number of hydrogen-bond acceptors (Lipinski definition) is 4. The third-order valence-corrected chi connectivity index (χ3v) is 6.56. The molecule has 0 aliphatic rings. The number of carbonyl (C=O) groups is 1. The van der Waals surface area contributed by atoms with Gasteiger partial charge in [-0.2, -0.15) is 0 Å². The Labute approximate surface area is 176 Å². The molecule has 0 spiro atoms. The minimum atomic E-state index is 0.00526. The number of fused-ring (bicyclic) bond motifs is 1. The second-order valence-electron chi connectivity index (χ2n) is 7.29. The summed E-state index contributed by atoms with van der Waals surface area (Å²) in [7, 11) is 1.65. The summed E-state index contributed by atoms with van der Waals surface area (Å²) in [5.41, 5.74) is 3.88. The molecule has 3 rings (SSSR count). The SMILES string of the molecule is CC[NH+](CC)CCN(C(=O)c1ccc(C)c(C)c1)c1nc2cc(OC)ccc2s1. The van der Waals surface area contributed by atoms with E-state index >= 15 is 0 Å². The highest BCUT2D eigenvalue weighted by Crippen LogP contribution is 2.32. The Kier molecular flexibility index (Phi) is 6.87. The second-order valence-corrected chi connectivity index (χ2v) is 8.30. The first-order valence-corrected chi connectivity index (χ1v) is 11.0. The second kappa shape index (κ2) is 9.37. The fourth-order valence-electron chi connectivity index (χ4n) is 3.33. The van der Waals surface area contributed by atoms with E-state index in [0.29, 0.717) is 12.1 Å². The molecule has 0 unspecified atom stereocenters. The smallest absolute Gasteiger partial charge is 0.260 e. The number of carbonyl (C=O) groups excluding carboxylic acids is 1. The van der Waals surface area contributed by atoms with E-state index in [1.165, 1.54) is 10.5 Å². The van der Waals surface area contributed by atoms with Crippen molar-refractivity contribution >= 4 is 32.6 Å². The van der Waals surface area contributed by atoms with E-state index in [1.807, 2.05) is 48.2 Å². The molecule has 29 heavy (non-hydrogen) atoms. The number of ether oxygens (including phenoxy) is 1. The highest BCUT2D eigenvalue weighted by Gasteiger charge is 2.23. The van der Waals surface area contributed by atoms with Gasteiger partial charge in [0, 0.05) is 11.6 Å². The number of quaternary nitrogens is 1. The molecule has 0 saturated heterocycles. The normalized spacial score (nSPS) is 11.2. The number of anilines is 1. The molecule has 0 radical (unpaired) electrons. The van der Waals surface area contributed by atoms with Crippen molar-refractivity contribution in [1.29, 1.82) is 0 Å². The van der Waals surface area contributed by atoms with Crippen LogP contribution >= 0.6 is 11.3 Å². The number of hydrogen-bond donors (Lipinski definition) is 1. The monoisotopic (exact) mass is 412 g/mol. The van der Waals surface area contributed by atoms with Gasteiger partial charge in [-0.15, -0.1) is 0 Å². The molecule has 0 bridgehead atoms. The van der Waals surface area contributed by atoms with Crippen molar-refractivity contribution in [2.75, 3.05) is 38.2 Å². The molecule has 154 valence electrons. The highest BCUT2D eigenvalue weighted by atomic mass is 32.1. The van der Waals surface area contributed by atoms with Gasteiger partial charge in [0.1, 0.15) is 5.75 Å². The van der Waals surface area contributed by atoms with Crippen molar-refractivity contribution in [2.45, 2.75) is 27.7 Å². The maximum absolute atomic E-state index is 13.5. The van der Waals surface area contributed by atoms with Crippen molar-refractivity contribution in [3.8, 4) is 5.75 Å². The molecule has 6 heteroatoms. The number of likely N-dealkylation sites (N-methyl/N-ethyl adjacent to an activating group) is 1. The summed E-state index contributed by atoms with van der Waals surface area (Å²) in [5, 5.41) is 0.739. The Morgan fingerprint density at radius 2 is 1.86 bits per heavy atom. The zero-order valence-corrected chi connectivity index (χ0v) is 18.7. The van der Waals surface area contributed by atoms with Crippen molar-refractivity contribution in [3.63, 3.8) is 0 Å². The van der Waals surface area contributed by atoms with Gasteiger partial charge in [-0.3, -0.25) is 9.69 Å². The Morgan fingerprint density at radius 1 is 1.10 bits per heavy atom. The minimum Gasteiger partial charge on any atom is -0.497 e. The number of aromatic nitrogens is 1. The van der Waals surface area contributed by atoms with Crippen LogP contribution in [0.4, 0.5) is 5.13 Å². The zero-order valence-electron chi connectivity index (χ0n) is 17.9. The summed E-state index contributed by atoms with van der Waals surface area (Å²) in [6.07, 6.45) is 0. The van der Waals surface area contributed by atoms with Gasteiger partial charge >= 0.3 is 0 Å². The molecule has 1 heterocycles. The first-order chi connectivity index (χ1) is 14.0. The molecule has 1 amide bonds. The van der Waals surface area contributed by atoms with Crippen LogP contribution in [-0.2, 0) is 0 Å².